The van der Waals surface area contributed by atoms with Crippen LogP contribution < -0.4 is 10.9 Å². The molecule has 0 spiro atoms. The van der Waals surface area contributed by atoms with E-state index in [0.717, 1.165) is 23.9 Å². The number of piperidine rings is 1. The van der Waals surface area contributed by atoms with Crippen LogP contribution in [0.15, 0.2) is 17.1 Å². The molecule has 1 N–H and O–H groups in total. The summed E-state index contributed by atoms with van der Waals surface area (Å²) in [5, 5.41) is 2.84. The van der Waals surface area contributed by atoms with Crippen molar-refractivity contribution in [2.24, 2.45) is 0 Å². The molecule has 0 radical (unpaired) electrons. The third-order valence-electron chi connectivity index (χ3n) is 5.64. The summed E-state index contributed by atoms with van der Waals surface area (Å²) in [6.45, 7) is 5.10. The number of esters is 1. The topological polar surface area (TPSA) is 89.9 Å². The van der Waals surface area contributed by atoms with E-state index in [1.165, 1.54) is 4.90 Å². The van der Waals surface area contributed by atoms with Crippen LogP contribution in [0.3, 0.4) is 0 Å². The van der Waals surface area contributed by atoms with Gasteiger partial charge in [0.2, 0.25) is 0 Å². The van der Waals surface area contributed by atoms with Gasteiger partial charge in [-0.15, -0.1) is 0 Å². The van der Waals surface area contributed by atoms with Gasteiger partial charge in [0.15, 0.2) is 0 Å². The largest absolute Gasteiger partial charge is 0.465 e. The van der Waals surface area contributed by atoms with Crippen LogP contribution in [0.4, 0.5) is 23.7 Å². The van der Waals surface area contributed by atoms with Crippen molar-refractivity contribution >= 4 is 17.7 Å². The Labute approximate surface area is 183 Å². The molecule has 1 saturated carbocycles. The zero-order chi connectivity index (χ0) is 23.8. The van der Waals surface area contributed by atoms with Crippen LogP contribution in [-0.4, -0.2) is 66.0 Å². The predicted molar refractivity (Wildman–Crippen MR) is 110 cm³/mol. The van der Waals surface area contributed by atoms with E-state index >= 15 is 0 Å². The van der Waals surface area contributed by atoms with E-state index in [2.05, 4.69) is 5.32 Å². The highest BCUT2D eigenvalue weighted by Crippen LogP contribution is 2.48. The first-order valence-corrected chi connectivity index (χ1v) is 10.4. The van der Waals surface area contributed by atoms with Gasteiger partial charge in [0.1, 0.15) is 17.3 Å². The zero-order valence-electron chi connectivity index (χ0n) is 18.5. The number of pyridine rings is 1. The van der Waals surface area contributed by atoms with Gasteiger partial charge in [-0.3, -0.25) is 4.79 Å². The normalized spacial score (nSPS) is 22.4. The number of hydrogen-bond donors (Lipinski definition) is 1. The third kappa shape index (κ3) is 4.86. The number of hydrogen-bond acceptors (Lipinski definition) is 6. The lowest BCUT2D eigenvalue weighted by atomic mass is 10.0. The number of rotatable bonds is 5. The van der Waals surface area contributed by atoms with Crippen molar-refractivity contribution in [1.82, 2.24) is 9.47 Å². The Balaban J connectivity index is 1.80. The molecule has 1 aromatic heterocycles. The quantitative estimate of drug-likeness (QED) is 0.681. The van der Waals surface area contributed by atoms with Crippen LogP contribution in [-0.2, 0) is 15.0 Å². The molecule has 32 heavy (non-hydrogen) atoms. The SMILES string of the molecule is COC(=O)c1cn(C2(C(F)F)CC2)c(=O)cc1N[C@@H]1CCN(C(=O)OC(C)(C)C)C[C@@H]1F. The minimum absolute atomic E-state index is 0.00142. The number of nitrogens with zero attached hydrogens (tertiary/aromatic N) is 2. The van der Waals surface area contributed by atoms with E-state index in [4.69, 9.17) is 9.47 Å². The molecule has 1 aliphatic heterocycles. The smallest absolute Gasteiger partial charge is 0.410 e. The molecule has 1 saturated heterocycles. The Morgan fingerprint density at radius 2 is 1.94 bits per heavy atom. The van der Waals surface area contributed by atoms with Crippen LogP contribution in [0.1, 0.15) is 50.4 Å². The Bertz CT molecular complexity index is 940. The van der Waals surface area contributed by atoms with Gasteiger partial charge >= 0.3 is 12.1 Å². The lowest BCUT2D eigenvalue weighted by molar-refractivity contribution is 0.0125. The van der Waals surface area contributed by atoms with Gasteiger partial charge in [-0.05, 0) is 40.0 Å². The molecule has 1 aliphatic carbocycles. The van der Waals surface area contributed by atoms with Gasteiger partial charge in [-0.1, -0.05) is 0 Å². The van der Waals surface area contributed by atoms with E-state index < -0.39 is 47.4 Å². The standard InChI is InChI=1S/C21H28F3N3O5/c1-20(2,3)32-19(30)26-8-5-14(13(22)11-26)25-15-9-16(28)27(10-12(15)17(29)31-4)21(6-7-21)18(23)24/h9-10,13-14,18,25H,5-8,11H2,1-4H3/t13-,14+/m0/s1. The summed E-state index contributed by atoms with van der Waals surface area (Å²) >= 11 is 0. The van der Waals surface area contributed by atoms with E-state index in [9.17, 15) is 27.6 Å². The Morgan fingerprint density at radius 3 is 2.44 bits per heavy atom. The van der Waals surface area contributed by atoms with Crippen molar-refractivity contribution in [3.8, 4) is 0 Å². The maximum atomic E-state index is 14.9. The van der Waals surface area contributed by atoms with Crippen molar-refractivity contribution in [1.29, 1.82) is 0 Å². The number of ether oxygens (including phenoxy) is 2. The zero-order valence-corrected chi connectivity index (χ0v) is 18.5. The van der Waals surface area contributed by atoms with E-state index in [1.807, 2.05) is 0 Å². The van der Waals surface area contributed by atoms with Crippen molar-refractivity contribution in [3.05, 3.63) is 28.2 Å². The number of carbonyl (C=O) groups excluding carboxylic acids is 2. The van der Waals surface area contributed by atoms with Gasteiger partial charge in [-0.25, -0.2) is 22.8 Å². The maximum Gasteiger partial charge on any atom is 0.410 e. The van der Waals surface area contributed by atoms with Gasteiger partial charge in [0.25, 0.3) is 12.0 Å². The second-order valence-corrected chi connectivity index (χ2v) is 9.19. The van der Waals surface area contributed by atoms with Gasteiger partial charge in [0.05, 0.1) is 30.9 Å². The Kier molecular flexibility index (Phi) is 6.48. The molecule has 8 nitrogen and oxygen atoms in total. The second kappa shape index (κ2) is 8.67. The fourth-order valence-corrected chi connectivity index (χ4v) is 3.72. The molecule has 2 aliphatic rings. The van der Waals surface area contributed by atoms with Crippen molar-refractivity contribution < 1.29 is 32.2 Å². The summed E-state index contributed by atoms with van der Waals surface area (Å²) in [4.78, 5) is 38.3. The highest BCUT2D eigenvalue weighted by molar-refractivity contribution is 5.95. The third-order valence-corrected chi connectivity index (χ3v) is 5.64. The average molecular weight is 459 g/mol. The highest BCUT2D eigenvalue weighted by Gasteiger charge is 2.53. The molecule has 2 atom stereocenters. The summed E-state index contributed by atoms with van der Waals surface area (Å²) in [7, 11) is 1.12. The first-order valence-electron chi connectivity index (χ1n) is 10.4. The van der Waals surface area contributed by atoms with Crippen molar-refractivity contribution in [3.63, 3.8) is 0 Å². The molecule has 1 amide bonds. The van der Waals surface area contributed by atoms with Crippen LogP contribution in [0.25, 0.3) is 0 Å². The number of alkyl halides is 3. The van der Waals surface area contributed by atoms with Crippen molar-refractivity contribution in [2.75, 3.05) is 25.5 Å². The van der Waals surface area contributed by atoms with Crippen LogP contribution in [0.5, 0.6) is 0 Å². The van der Waals surface area contributed by atoms with Gasteiger partial charge in [-0.2, -0.15) is 0 Å². The second-order valence-electron chi connectivity index (χ2n) is 9.19. The maximum absolute atomic E-state index is 14.9. The van der Waals surface area contributed by atoms with Crippen LogP contribution in [0, 0.1) is 0 Å². The summed E-state index contributed by atoms with van der Waals surface area (Å²) in [6, 6.07) is 0.208. The molecule has 0 unspecified atom stereocenters. The fourth-order valence-electron chi connectivity index (χ4n) is 3.72. The highest BCUT2D eigenvalue weighted by atomic mass is 19.3. The van der Waals surface area contributed by atoms with E-state index in [-0.39, 0.29) is 43.6 Å². The predicted octanol–water partition coefficient (Wildman–Crippen LogP) is 3.15. The van der Waals surface area contributed by atoms with Gasteiger partial charge in [0, 0.05) is 18.8 Å². The van der Waals surface area contributed by atoms with E-state index in [0.29, 0.717) is 0 Å². The minimum Gasteiger partial charge on any atom is -0.465 e. The first kappa shape index (κ1) is 23.9. The minimum atomic E-state index is -2.77. The number of halogens is 3. The molecule has 0 aromatic carbocycles. The van der Waals surface area contributed by atoms with Crippen LogP contribution >= 0.6 is 0 Å². The summed E-state index contributed by atoms with van der Waals surface area (Å²) in [5.74, 6) is -0.840. The Hall–Kier alpha value is -2.72. The molecule has 3 rings (SSSR count). The molecular weight excluding hydrogens is 431 g/mol. The fraction of sp³-hybridized carbons (Fsp3) is 0.667. The summed E-state index contributed by atoms with van der Waals surface area (Å²) in [6.07, 6.45) is -3.43. The van der Waals surface area contributed by atoms with Crippen LogP contribution in [0.2, 0.25) is 0 Å². The number of anilines is 1. The number of aromatic nitrogens is 1. The van der Waals surface area contributed by atoms with Gasteiger partial charge < -0.3 is 24.3 Å². The number of nitrogens with one attached hydrogen (secondary N) is 1. The number of amides is 1. The number of likely N-dealkylation sites (tertiary alicyclic amines) is 1. The lowest BCUT2D eigenvalue weighted by Gasteiger charge is -2.36. The van der Waals surface area contributed by atoms with Crippen molar-refractivity contribution in [2.45, 2.75) is 69.8 Å². The molecule has 11 heteroatoms. The molecule has 0 bridgehead atoms. The molecule has 2 heterocycles. The molecule has 178 valence electrons. The first-order chi connectivity index (χ1) is 14.9. The molecule has 2 fully saturated rings. The van der Waals surface area contributed by atoms with E-state index in [1.54, 1.807) is 20.8 Å². The molecule has 1 aromatic rings. The molecular formula is C21H28F3N3O5. The summed E-state index contributed by atoms with van der Waals surface area (Å²) in [5.41, 5.74) is -3.20. The monoisotopic (exact) mass is 459 g/mol. The lowest BCUT2D eigenvalue weighted by Crippen LogP contribution is -2.51. The average Bonchev–Trinajstić information content (AvgIpc) is 3.49. The Morgan fingerprint density at radius 1 is 1.28 bits per heavy atom. The summed E-state index contributed by atoms with van der Waals surface area (Å²) < 4.78 is 52.7. The number of carbonyl (C=O) groups is 2. The number of methoxy groups -OCH3 is 1.